The molecule has 90 valence electrons. The summed E-state index contributed by atoms with van der Waals surface area (Å²) in [5.41, 5.74) is 0. The summed E-state index contributed by atoms with van der Waals surface area (Å²) in [6.45, 7) is 4.69. The molecule has 16 heavy (non-hydrogen) atoms. The van der Waals surface area contributed by atoms with E-state index < -0.39 is 0 Å². The van der Waals surface area contributed by atoms with Gasteiger partial charge in [-0.15, -0.1) is 0 Å². The maximum Gasteiger partial charge on any atom is 0.0746 e. The maximum absolute atomic E-state index is 6.54. The Hall–Kier alpha value is 0.0649. The van der Waals surface area contributed by atoms with Crippen LogP contribution in [0.3, 0.4) is 0 Å². The van der Waals surface area contributed by atoms with Crippen molar-refractivity contribution < 1.29 is 0 Å². The molecule has 0 heterocycles. The number of rotatable bonds is 1. The molecule has 0 nitrogen and oxygen atoms in total. The third kappa shape index (κ3) is 3.28. The van der Waals surface area contributed by atoms with Crippen LogP contribution in [0.15, 0.2) is 0 Å². The minimum Gasteiger partial charge on any atom is -0.0663 e. The number of fused-ring (bicyclic) bond motifs is 1. The molecule has 0 amide bonds. The van der Waals surface area contributed by atoms with E-state index in [0.29, 0.717) is 0 Å². The molecule has 2 saturated carbocycles. The first-order valence-electron chi connectivity index (χ1n) is 7.42. The van der Waals surface area contributed by atoms with Crippen LogP contribution in [0, 0.1) is 17.8 Å². The lowest BCUT2D eigenvalue weighted by atomic mass is 9.60. The second kappa shape index (κ2) is 5.15. The van der Waals surface area contributed by atoms with E-state index in [1.54, 1.807) is 0 Å². The van der Waals surface area contributed by atoms with Gasteiger partial charge in [0.1, 0.15) is 0 Å². The van der Waals surface area contributed by atoms with Crippen molar-refractivity contribution in [2.45, 2.75) is 76.9 Å². The van der Waals surface area contributed by atoms with Gasteiger partial charge in [0.2, 0.25) is 0 Å². The van der Waals surface area contributed by atoms with Crippen LogP contribution in [0.1, 0.15) is 71.6 Å². The van der Waals surface area contributed by atoms with Crippen molar-refractivity contribution in [2.75, 3.05) is 0 Å². The summed E-state index contributed by atoms with van der Waals surface area (Å²) >= 11 is 0. The predicted molar refractivity (Wildman–Crippen MR) is 71.8 cm³/mol. The molecule has 1 heteroatoms. The van der Waals surface area contributed by atoms with E-state index in [4.69, 9.17) is 7.85 Å². The van der Waals surface area contributed by atoms with Gasteiger partial charge in [-0.3, -0.25) is 0 Å². The molecule has 0 spiro atoms. The lowest BCUT2D eigenvalue weighted by Crippen LogP contribution is -2.13. The van der Waals surface area contributed by atoms with Crippen LogP contribution < -0.4 is 0 Å². The topological polar surface area (TPSA) is 0 Å². The smallest absolute Gasteiger partial charge is 0.0663 e. The molecule has 2 fully saturated rings. The fourth-order valence-corrected chi connectivity index (χ4v) is 3.38. The summed E-state index contributed by atoms with van der Waals surface area (Å²) in [5, 5.41) is 0.158. The van der Waals surface area contributed by atoms with Gasteiger partial charge in [0.15, 0.2) is 0 Å². The zero-order valence-corrected chi connectivity index (χ0v) is 11.2. The normalized spacial score (nSPS) is 45.5. The van der Waals surface area contributed by atoms with Gasteiger partial charge in [-0.2, -0.15) is 0 Å². The third-order valence-corrected chi connectivity index (χ3v) is 5.19. The maximum atomic E-state index is 6.54. The van der Waals surface area contributed by atoms with E-state index in [1.807, 2.05) is 0 Å². The first-order valence-corrected chi connectivity index (χ1v) is 7.42. The van der Waals surface area contributed by atoms with Crippen molar-refractivity contribution in [1.82, 2.24) is 0 Å². The second-order valence-corrected chi connectivity index (χ2v) is 6.59. The second-order valence-electron chi connectivity index (χ2n) is 6.59. The number of hydrogen-bond acceptors (Lipinski definition) is 0. The molecular formula is C15H27B. The largest absolute Gasteiger partial charge is 0.0746 e. The summed E-state index contributed by atoms with van der Waals surface area (Å²) in [6.07, 6.45) is 12.3. The van der Waals surface area contributed by atoms with E-state index in [0.717, 1.165) is 24.2 Å². The molecule has 0 aromatic rings. The highest BCUT2D eigenvalue weighted by atomic mass is 14.4. The molecule has 0 aliphatic heterocycles. The van der Waals surface area contributed by atoms with Crippen LogP contribution in [0.25, 0.3) is 0 Å². The van der Waals surface area contributed by atoms with Gasteiger partial charge in [0, 0.05) is 0 Å². The van der Waals surface area contributed by atoms with Crippen LogP contribution in [0.2, 0.25) is 5.31 Å². The van der Waals surface area contributed by atoms with Crippen LogP contribution in [-0.2, 0) is 0 Å². The minimum atomic E-state index is 0.158. The molecule has 2 rings (SSSR count). The lowest BCUT2D eigenvalue weighted by molar-refractivity contribution is 0.376. The Labute approximate surface area is 103 Å². The van der Waals surface area contributed by atoms with E-state index in [9.17, 15) is 0 Å². The first-order chi connectivity index (χ1) is 7.63. The Morgan fingerprint density at radius 1 is 1.06 bits per heavy atom. The Morgan fingerprint density at radius 2 is 1.75 bits per heavy atom. The summed E-state index contributed by atoms with van der Waals surface area (Å²) < 4.78 is 0. The molecule has 2 radical (unpaired) electrons. The van der Waals surface area contributed by atoms with Crippen LogP contribution in [0.5, 0.6) is 0 Å². The minimum absolute atomic E-state index is 0.158. The van der Waals surface area contributed by atoms with Crippen molar-refractivity contribution in [3.8, 4) is 0 Å². The molecule has 0 saturated heterocycles. The zero-order valence-electron chi connectivity index (χ0n) is 11.2. The highest BCUT2D eigenvalue weighted by molar-refractivity contribution is 6.15. The lowest BCUT2D eigenvalue weighted by Gasteiger charge is -2.30. The molecule has 4 atom stereocenters. The molecule has 4 unspecified atom stereocenters. The van der Waals surface area contributed by atoms with Gasteiger partial charge >= 0.3 is 0 Å². The van der Waals surface area contributed by atoms with Crippen LogP contribution in [0.4, 0.5) is 0 Å². The molecule has 0 bridgehead atoms. The highest BCUT2D eigenvalue weighted by Gasteiger charge is 2.37. The molecule has 0 N–H and O–H groups in total. The predicted octanol–water partition coefficient (Wildman–Crippen LogP) is 4.74. The van der Waals surface area contributed by atoms with E-state index >= 15 is 0 Å². The fraction of sp³-hybridized carbons (Fsp3) is 1.00. The standard InChI is InChI=1S/C15H27B/c1-3-15(16)9-7-12(2)5-4-6-13-11-14(13)8-10-15/h12-14H,3-11H2,1-2H3. The third-order valence-electron chi connectivity index (χ3n) is 5.19. The van der Waals surface area contributed by atoms with E-state index in [1.165, 1.54) is 51.4 Å². The van der Waals surface area contributed by atoms with Gasteiger partial charge in [-0.25, -0.2) is 0 Å². The Bertz CT molecular complexity index is 219. The summed E-state index contributed by atoms with van der Waals surface area (Å²) in [5.74, 6) is 3.01. The Kier molecular flexibility index (Phi) is 4.03. The summed E-state index contributed by atoms with van der Waals surface area (Å²) in [7, 11) is 6.54. The van der Waals surface area contributed by atoms with Crippen molar-refractivity contribution >= 4 is 7.85 Å². The van der Waals surface area contributed by atoms with Gasteiger partial charge in [-0.1, -0.05) is 70.5 Å². The van der Waals surface area contributed by atoms with Gasteiger partial charge in [-0.05, 0) is 24.2 Å². The molecule has 0 aromatic heterocycles. The first kappa shape index (κ1) is 12.5. The van der Waals surface area contributed by atoms with Gasteiger partial charge in [0.25, 0.3) is 0 Å². The average Bonchev–Trinajstić information content (AvgIpc) is 3.02. The van der Waals surface area contributed by atoms with E-state index in [2.05, 4.69) is 13.8 Å². The monoisotopic (exact) mass is 218 g/mol. The van der Waals surface area contributed by atoms with Gasteiger partial charge < -0.3 is 0 Å². The Balaban J connectivity index is 1.92. The molecular weight excluding hydrogens is 191 g/mol. The Morgan fingerprint density at radius 3 is 2.50 bits per heavy atom. The molecule has 2 aliphatic rings. The van der Waals surface area contributed by atoms with Crippen molar-refractivity contribution in [3.05, 3.63) is 0 Å². The zero-order chi connectivity index (χ0) is 11.6. The SMILES string of the molecule is [B]C1(CC)CCC(C)CCCC2CC2CC1. The van der Waals surface area contributed by atoms with E-state index in [-0.39, 0.29) is 5.31 Å². The number of hydrogen-bond donors (Lipinski definition) is 0. The van der Waals surface area contributed by atoms with Crippen LogP contribution in [-0.4, -0.2) is 7.85 Å². The fourth-order valence-electron chi connectivity index (χ4n) is 3.38. The van der Waals surface area contributed by atoms with Crippen molar-refractivity contribution in [3.63, 3.8) is 0 Å². The summed E-state index contributed by atoms with van der Waals surface area (Å²) in [6, 6.07) is 0. The molecule has 0 aromatic carbocycles. The summed E-state index contributed by atoms with van der Waals surface area (Å²) in [4.78, 5) is 0. The quantitative estimate of drug-likeness (QED) is 0.557. The highest BCUT2D eigenvalue weighted by Crippen LogP contribution is 2.50. The van der Waals surface area contributed by atoms with Crippen molar-refractivity contribution in [1.29, 1.82) is 0 Å². The molecule has 2 aliphatic carbocycles. The average molecular weight is 218 g/mol. The van der Waals surface area contributed by atoms with Crippen molar-refractivity contribution in [2.24, 2.45) is 17.8 Å². The van der Waals surface area contributed by atoms with Crippen LogP contribution >= 0.6 is 0 Å². The van der Waals surface area contributed by atoms with Gasteiger partial charge in [0.05, 0.1) is 7.85 Å².